The van der Waals surface area contributed by atoms with E-state index >= 15 is 0 Å². The molecule has 4 aliphatic rings. The van der Waals surface area contributed by atoms with Crippen molar-refractivity contribution in [3.8, 4) is 5.75 Å². The van der Waals surface area contributed by atoms with Crippen molar-refractivity contribution < 1.29 is 29.0 Å². The zero-order valence-corrected chi connectivity index (χ0v) is 22.3. The summed E-state index contributed by atoms with van der Waals surface area (Å²) >= 11 is 0. The van der Waals surface area contributed by atoms with Crippen LogP contribution >= 0.6 is 0 Å². The standard InChI is InChI=1S/C29H37N3O6/c1-4-15-30-16-7-13-28(2)22(25(30)34)23-26(35)32(17-5-6-19-33)24-27(36)31(18-8-14-29(23,24)38-28)20-9-11-21(37-3)12-10-20/h7-14,22-24,33H,4-6,15-19H2,1-3H3/t22-,23+,24?,28+,29+/m1/s1. The number of aliphatic hydroxyl groups is 1. The fourth-order valence-electron chi connectivity index (χ4n) is 6.67. The van der Waals surface area contributed by atoms with Crippen LogP contribution in [0.4, 0.5) is 5.69 Å². The summed E-state index contributed by atoms with van der Waals surface area (Å²) in [6, 6.07) is 6.31. The molecule has 4 heterocycles. The van der Waals surface area contributed by atoms with E-state index in [0.29, 0.717) is 50.5 Å². The molecule has 9 heteroatoms. The molecule has 1 aromatic rings. The van der Waals surface area contributed by atoms with Gasteiger partial charge in [0.1, 0.15) is 17.4 Å². The molecule has 38 heavy (non-hydrogen) atoms. The topological polar surface area (TPSA) is 99.6 Å². The zero-order valence-electron chi connectivity index (χ0n) is 22.3. The summed E-state index contributed by atoms with van der Waals surface area (Å²) in [6.45, 7) is 5.55. The number of methoxy groups -OCH3 is 1. The van der Waals surface area contributed by atoms with E-state index in [4.69, 9.17) is 9.47 Å². The minimum atomic E-state index is -1.27. The Kier molecular flexibility index (Phi) is 7.09. The lowest BCUT2D eigenvalue weighted by Gasteiger charge is -2.37. The second kappa shape index (κ2) is 10.2. The number of fused-ring (bicyclic) bond motifs is 2. The minimum absolute atomic E-state index is 0.000451. The van der Waals surface area contributed by atoms with E-state index in [1.54, 1.807) is 33.9 Å². The highest BCUT2D eigenvalue weighted by Crippen LogP contribution is 2.57. The summed E-state index contributed by atoms with van der Waals surface area (Å²) in [5.41, 5.74) is -1.61. The van der Waals surface area contributed by atoms with Gasteiger partial charge in [0.15, 0.2) is 0 Å². The second-order valence-electron chi connectivity index (χ2n) is 10.7. The zero-order chi connectivity index (χ0) is 27.1. The van der Waals surface area contributed by atoms with Crippen LogP contribution in [-0.2, 0) is 19.1 Å². The highest BCUT2D eigenvalue weighted by molar-refractivity contribution is 6.06. The molecule has 4 aliphatic heterocycles. The van der Waals surface area contributed by atoms with Crippen molar-refractivity contribution >= 4 is 23.4 Å². The second-order valence-corrected chi connectivity index (χ2v) is 10.7. The Morgan fingerprint density at radius 1 is 0.974 bits per heavy atom. The van der Waals surface area contributed by atoms with E-state index in [9.17, 15) is 19.5 Å². The molecular formula is C29H37N3O6. The number of anilines is 1. The number of rotatable bonds is 8. The largest absolute Gasteiger partial charge is 0.497 e. The van der Waals surface area contributed by atoms with Gasteiger partial charge in [-0.05, 0) is 50.5 Å². The molecule has 2 saturated heterocycles. The Morgan fingerprint density at radius 2 is 1.71 bits per heavy atom. The quantitative estimate of drug-likeness (QED) is 0.414. The van der Waals surface area contributed by atoms with Crippen molar-refractivity contribution in [1.29, 1.82) is 0 Å². The third kappa shape index (κ3) is 4.03. The van der Waals surface area contributed by atoms with Crippen LogP contribution in [0.1, 0.15) is 33.1 Å². The first kappa shape index (κ1) is 26.4. The van der Waals surface area contributed by atoms with Crippen molar-refractivity contribution in [1.82, 2.24) is 9.80 Å². The number of hydrogen-bond acceptors (Lipinski definition) is 6. The highest BCUT2D eigenvalue weighted by atomic mass is 16.5. The number of aliphatic hydroxyl groups excluding tert-OH is 1. The smallest absolute Gasteiger partial charge is 0.253 e. The van der Waals surface area contributed by atoms with Crippen molar-refractivity contribution in [2.45, 2.75) is 50.4 Å². The van der Waals surface area contributed by atoms with Gasteiger partial charge in [-0.25, -0.2) is 0 Å². The summed E-state index contributed by atoms with van der Waals surface area (Å²) in [4.78, 5) is 47.5. The summed E-state index contributed by atoms with van der Waals surface area (Å²) in [5, 5.41) is 9.38. The summed E-state index contributed by atoms with van der Waals surface area (Å²) in [7, 11) is 1.59. The van der Waals surface area contributed by atoms with Crippen LogP contribution in [0.5, 0.6) is 5.75 Å². The van der Waals surface area contributed by atoms with Gasteiger partial charge in [-0.3, -0.25) is 14.4 Å². The van der Waals surface area contributed by atoms with Crippen LogP contribution in [0, 0.1) is 11.8 Å². The molecule has 5 rings (SSSR count). The molecule has 1 unspecified atom stereocenters. The molecule has 3 amide bonds. The van der Waals surface area contributed by atoms with E-state index in [-0.39, 0.29) is 24.3 Å². The van der Waals surface area contributed by atoms with Gasteiger partial charge < -0.3 is 29.3 Å². The number of unbranched alkanes of at least 4 members (excludes halogenated alkanes) is 1. The van der Waals surface area contributed by atoms with E-state index in [0.717, 1.165) is 6.42 Å². The normalized spacial score (nSPS) is 32.3. The van der Waals surface area contributed by atoms with Crippen LogP contribution in [0.2, 0.25) is 0 Å². The van der Waals surface area contributed by atoms with Gasteiger partial charge in [0, 0.05) is 38.5 Å². The number of carbonyl (C=O) groups excluding carboxylic acids is 3. The molecule has 204 valence electrons. The maximum Gasteiger partial charge on any atom is 0.253 e. The number of amides is 3. The van der Waals surface area contributed by atoms with Crippen molar-refractivity contribution in [2.75, 3.05) is 44.8 Å². The lowest BCUT2D eigenvalue weighted by molar-refractivity contribution is -0.148. The predicted molar refractivity (Wildman–Crippen MR) is 142 cm³/mol. The molecular weight excluding hydrogens is 486 g/mol. The Bertz CT molecular complexity index is 1150. The summed E-state index contributed by atoms with van der Waals surface area (Å²) in [5.74, 6) is -1.48. The van der Waals surface area contributed by atoms with Gasteiger partial charge in [-0.2, -0.15) is 0 Å². The van der Waals surface area contributed by atoms with E-state index in [1.807, 2.05) is 50.3 Å². The number of carbonyl (C=O) groups is 3. The van der Waals surface area contributed by atoms with Gasteiger partial charge >= 0.3 is 0 Å². The molecule has 0 aliphatic carbocycles. The van der Waals surface area contributed by atoms with E-state index < -0.39 is 29.1 Å². The van der Waals surface area contributed by atoms with E-state index in [1.165, 1.54) is 0 Å². The first-order valence-corrected chi connectivity index (χ1v) is 13.5. The lowest BCUT2D eigenvalue weighted by Crippen LogP contribution is -2.56. The highest BCUT2D eigenvalue weighted by Gasteiger charge is 2.74. The number of benzene rings is 1. The molecule has 1 spiro atoms. The van der Waals surface area contributed by atoms with Gasteiger partial charge in [0.2, 0.25) is 11.8 Å². The Hall–Kier alpha value is -3.17. The number of likely N-dealkylation sites (tertiary alicyclic amines) is 1. The van der Waals surface area contributed by atoms with Crippen LogP contribution in [0.25, 0.3) is 0 Å². The molecule has 1 aromatic carbocycles. The molecule has 0 aromatic heterocycles. The van der Waals surface area contributed by atoms with Crippen molar-refractivity contribution in [3.63, 3.8) is 0 Å². The summed E-state index contributed by atoms with van der Waals surface area (Å²) in [6.07, 6.45) is 9.44. The average Bonchev–Trinajstić information content (AvgIpc) is 3.17. The predicted octanol–water partition coefficient (Wildman–Crippen LogP) is 2.15. The number of ether oxygens (including phenoxy) is 2. The molecule has 0 saturated carbocycles. The van der Waals surface area contributed by atoms with Crippen LogP contribution < -0.4 is 9.64 Å². The van der Waals surface area contributed by atoms with Crippen LogP contribution in [0.3, 0.4) is 0 Å². The van der Waals surface area contributed by atoms with E-state index in [2.05, 4.69) is 0 Å². The molecule has 9 nitrogen and oxygen atoms in total. The first-order chi connectivity index (χ1) is 18.3. The molecule has 0 radical (unpaired) electrons. The third-order valence-electron chi connectivity index (χ3n) is 8.33. The molecule has 5 atom stereocenters. The van der Waals surface area contributed by atoms with Crippen molar-refractivity contribution in [3.05, 3.63) is 48.6 Å². The maximum absolute atomic E-state index is 14.4. The monoisotopic (exact) mass is 523 g/mol. The first-order valence-electron chi connectivity index (χ1n) is 13.5. The molecule has 1 N–H and O–H groups in total. The Balaban J connectivity index is 1.59. The Morgan fingerprint density at radius 3 is 2.39 bits per heavy atom. The average molecular weight is 524 g/mol. The number of nitrogens with zero attached hydrogens (tertiary/aromatic N) is 3. The molecule has 2 fully saturated rings. The Labute approximate surface area is 223 Å². The van der Waals surface area contributed by atoms with Crippen LogP contribution in [0.15, 0.2) is 48.6 Å². The third-order valence-corrected chi connectivity index (χ3v) is 8.33. The fourth-order valence-corrected chi connectivity index (χ4v) is 6.67. The van der Waals surface area contributed by atoms with Gasteiger partial charge in [0.05, 0.1) is 24.5 Å². The van der Waals surface area contributed by atoms with Crippen LogP contribution in [-0.4, -0.2) is 89.8 Å². The SMILES string of the molecule is CCCN1CC=C[C@]2(C)O[C@]34C=CCN(c5ccc(OC)cc5)C(=O)C3N(CCCCO)C(=O)[C@@H]4[C@@H]2C1=O. The molecule has 0 bridgehead atoms. The fraction of sp³-hybridized carbons (Fsp3) is 0.552. The van der Waals surface area contributed by atoms with Gasteiger partial charge in [-0.1, -0.05) is 31.2 Å². The van der Waals surface area contributed by atoms with Crippen molar-refractivity contribution in [2.24, 2.45) is 11.8 Å². The summed E-state index contributed by atoms with van der Waals surface area (Å²) < 4.78 is 12.1. The van der Waals surface area contributed by atoms with Gasteiger partial charge in [0.25, 0.3) is 5.91 Å². The lowest BCUT2D eigenvalue weighted by atomic mass is 9.74. The van der Waals surface area contributed by atoms with Gasteiger partial charge in [-0.15, -0.1) is 0 Å². The maximum atomic E-state index is 14.4. The number of hydrogen-bond donors (Lipinski definition) is 1. The minimum Gasteiger partial charge on any atom is -0.497 e.